The van der Waals surface area contributed by atoms with Gasteiger partial charge in [-0.2, -0.15) is 0 Å². The SMILES string of the molecule is O=C(O)N1CNc2ccccc2C1=O. The fourth-order valence-corrected chi connectivity index (χ4v) is 1.36. The first-order valence-corrected chi connectivity index (χ1v) is 4.08. The van der Waals surface area contributed by atoms with E-state index in [1.165, 1.54) is 0 Å². The molecule has 72 valence electrons. The van der Waals surface area contributed by atoms with Gasteiger partial charge in [0, 0.05) is 5.69 Å². The summed E-state index contributed by atoms with van der Waals surface area (Å²) in [4.78, 5) is 22.9. The van der Waals surface area contributed by atoms with Gasteiger partial charge in [-0.15, -0.1) is 0 Å². The summed E-state index contributed by atoms with van der Waals surface area (Å²) in [5.74, 6) is -0.480. The van der Waals surface area contributed by atoms with Crippen molar-refractivity contribution in [2.45, 2.75) is 0 Å². The van der Waals surface area contributed by atoms with Gasteiger partial charge in [-0.25, -0.2) is 9.69 Å². The highest BCUT2D eigenvalue weighted by atomic mass is 16.4. The average molecular weight is 192 g/mol. The average Bonchev–Trinajstić information content (AvgIpc) is 2.18. The van der Waals surface area contributed by atoms with Crippen molar-refractivity contribution < 1.29 is 14.7 Å². The summed E-state index contributed by atoms with van der Waals surface area (Å²) < 4.78 is 0. The first kappa shape index (κ1) is 8.55. The lowest BCUT2D eigenvalue weighted by molar-refractivity contribution is 0.0745. The Bertz CT molecular complexity index is 403. The molecule has 5 nitrogen and oxygen atoms in total. The van der Waals surface area contributed by atoms with Crippen LogP contribution in [0.25, 0.3) is 0 Å². The van der Waals surface area contributed by atoms with Crippen molar-refractivity contribution in [1.82, 2.24) is 4.90 Å². The molecule has 1 aliphatic heterocycles. The molecule has 0 saturated carbocycles. The van der Waals surface area contributed by atoms with Gasteiger partial charge in [0.15, 0.2) is 0 Å². The van der Waals surface area contributed by atoms with E-state index >= 15 is 0 Å². The highest BCUT2D eigenvalue weighted by molar-refractivity contribution is 6.07. The molecule has 5 heteroatoms. The molecule has 1 aromatic carbocycles. The van der Waals surface area contributed by atoms with Crippen molar-refractivity contribution in [3.63, 3.8) is 0 Å². The summed E-state index contributed by atoms with van der Waals surface area (Å²) >= 11 is 0. The van der Waals surface area contributed by atoms with Crippen LogP contribution < -0.4 is 5.32 Å². The van der Waals surface area contributed by atoms with Crippen LogP contribution >= 0.6 is 0 Å². The number of fused-ring (bicyclic) bond motifs is 1. The number of nitrogens with one attached hydrogen (secondary N) is 1. The van der Waals surface area contributed by atoms with Crippen LogP contribution in [-0.2, 0) is 0 Å². The quantitative estimate of drug-likeness (QED) is 0.647. The molecule has 0 atom stereocenters. The van der Waals surface area contributed by atoms with Crippen LogP contribution in [0.4, 0.5) is 10.5 Å². The van der Waals surface area contributed by atoms with Gasteiger partial charge in [-0.3, -0.25) is 4.79 Å². The number of para-hydroxylation sites is 1. The zero-order valence-corrected chi connectivity index (χ0v) is 7.23. The van der Waals surface area contributed by atoms with Crippen LogP contribution in [0.3, 0.4) is 0 Å². The van der Waals surface area contributed by atoms with Gasteiger partial charge in [-0.1, -0.05) is 12.1 Å². The van der Waals surface area contributed by atoms with Crippen LogP contribution in [0.1, 0.15) is 10.4 Å². The number of carbonyl (C=O) groups is 2. The van der Waals surface area contributed by atoms with E-state index in [2.05, 4.69) is 5.32 Å². The second-order valence-electron chi connectivity index (χ2n) is 2.90. The number of carbonyl (C=O) groups excluding carboxylic acids is 1. The standard InChI is InChI=1S/C9H8N2O3/c12-8-6-3-1-2-4-7(6)10-5-11(8)9(13)14/h1-4,10H,5H2,(H,13,14). The second-order valence-corrected chi connectivity index (χ2v) is 2.90. The Hall–Kier alpha value is -2.04. The molecule has 0 unspecified atom stereocenters. The maximum absolute atomic E-state index is 11.6. The summed E-state index contributed by atoms with van der Waals surface area (Å²) in [6.45, 7) is 0.00514. The number of anilines is 1. The third-order valence-electron chi connectivity index (χ3n) is 2.06. The zero-order valence-electron chi connectivity index (χ0n) is 7.23. The summed E-state index contributed by atoms with van der Waals surface area (Å²) in [5.41, 5.74) is 1.07. The number of hydrogen-bond acceptors (Lipinski definition) is 3. The number of benzene rings is 1. The number of rotatable bonds is 0. The second kappa shape index (κ2) is 3.02. The monoisotopic (exact) mass is 192 g/mol. The van der Waals surface area contributed by atoms with Crippen LogP contribution in [0.5, 0.6) is 0 Å². The van der Waals surface area contributed by atoms with Crippen LogP contribution in [0.2, 0.25) is 0 Å². The van der Waals surface area contributed by atoms with E-state index in [0.29, 0.717) is 11.3 Å². The Morgan fingerprint density at radius 2 is 2.14 bits per heavy atom. The fraction of sp³-hybridized carbons (Fsp3) is 0.111. The van der Waals surface area contributed by atoms with Gasteiger partial charge >= 0.3 is 6.09 Å². The van der Waals surface area contributed by atoms with Gasteiger partial charge in [0.1, 0.15) is 6.67 Å². The zero-order chi connectivity index (χ0) is 10.1. The number of hydrogen-bond donors (Lipinski definition) is 2. The van der Waals surface area contributed by atoms with Crippen molar-refractivity contribution in [2.75, 3.05) is 12.0 Å². The highest BCUT2D eigenvalue weighted by Gasteiger charge is 2.27. The Balaban J connectivity index is 2.41. The predicted octanol–water partition coefficient (Wildman–Crippen LogP) is 1.19. The van der Waals surface area contributed by atoms with Gasteiger partial charge in [0.2, 0.25) is 0 Å². The molecule has 2 amide bonds. The van der Waals surface area contributed by atoms with Crippen molar-refractivity contribution in [3.8, 4) is 0 Å². The summed E-state index contributed by atoms with van der Waals surface area (Å²) in [6.07, 6.45) is -1.24. The summed E-state index contributed by atoms with van der Waals surface area (Å²) in [7, 11) is 0. The van der Waals surface area contributed by atoms with E-state index in [4.69, 9.17) is 5.11 Å². The molecule has 0 radical (unpaired) electrons. The highest BCUT2D eigenvalue weighted by Crippen LogP contribution is 2.21. The topological polar surface area (TPSA) is 69.6 Å². The third-order valence-corrected chi connectivity index (χ3v) is 2.06. The van der Waals surface area contributed by atoms with Gasteiger partial charge in [0.25, 0.3) is 5.91 Å². The fourth-order valence-electron chi connectivity index (χ4n) is 1.36. The number of imide groups is 1. The minimum atomic E-state index is -1.24. The molecule has 0 fully saturated rings. The first-order chi connectivity index (χ1) is 6.70. The molecule has 0 aliphatic carbocycles. The van der Waals surface area contributed by atoms with Crippen LogP contribution in [0.15, 0.2) is 24.3 Å². The normalized spacial score (nSPS) is 14.6. The van der Waals surface area contributed by atoms with Gasteiger partial charge < -0.3 is 10.4 Å². The lowest BCUT2D eigenvalue weighted by Gasteiger charge is -2.25. The molecule has 1 heterocycles. The molecule has 0 aromatic heterocycles. The molecule has 2 rings (SSSR count). The van der Waals surface area contributed by atoms with E-state index in [-0.39, 0.29) is 6.67 Å². The predicted molar refractivity (Wildman–Crippen MR) is 49.1 cm³/mol. The minimum absolute atomic E-state index is 0.00514. The van der Waals surface area contributed by atoms with Crippen molar-refractivity contribution in [1.29, 1.82) is 0 Å². The van der Waals surface area contributed by atoms with Gasteiger partial charge in [-0.05, 0) is 12.1 Å². The maximum atomic E-state index is 11.6. The number of nitrogens with zero attached hydrogens (tertiary/aromatic N) is 1. The Kier molecular flexibility index (Phi) is 1.85. The molecular weight excluding hydrogens is 184 g/mol. The molecule has 1 aliphatic rings. The molecule has 14 heavy (non-hydrogen) atoms. The van der Waals surface area contributed by atoms with E-state index < -0.39 is 12.0 Å². The largest absolute Gasteiger partial charge is 0.465 e. The Morgan fingerprint density at radius 3 is 2.86 bits per heavy atom. The molecule has 1 aromatic rings. The molecular formula is C9H8N2O3. The lowest BCUT2D eigenvalue weighted by Crippen LogP contribution is -2.43. The third kappa shape index (κ3) is 1.19. The van der Waals surface area contributed by atoms with Crippen molar-refractivity contribution >= 4 is 17.7 Å². The van der Waals surface area contributed by atoms with E-state index in [0.717, 1.165) is 4.90 Å². The van der Waals surface area contributed by atoms with Gasteiger partial charge in [0.05, 0.1) is 5.56 Å². The van der Waals surface area contributed by atoms with Crippen LogP contribution in [-0.4, -0.2) is 28.7 Å². The van der Waals surface area contributed by atoms with Crippen molar-refractivity contribution in [3.05, 3.63) is 29.8 Å². The number of carboxylic acid groups (broad SMARTS) is 1. The smallest absolute Gasteiger partial charge is 0.415 e. The summed E-state index contributed by atoms with van der Waals surface area (Å²) in [6, 6.07) is 6.82. The van der Waals surface area contributed by atoms with E-state index in [1.807, 2.05) is 0 Å². The Morgan fingerprint density at radius 1 is 1.43 bits per heavy atom. The first-order valence-electron chi connectivity index (χ1n) is 4.08. The van der Waals surface area contributed by atoms with E-state index in [9.17, 15) is 9.59 Å². The maximum Gasteiger partial charge on any atom is 0.415 e. The number of amides is 2. The minimum Gasteiger partial charge on any atom is -0.465 e. The van der Waals surface area contributed by atoms with E-state index in [1.54, 1.807) is 24.3 Å². The molecule has 0 spiro atoms. The summed E-state index contributed by atoms with van der Waals surface area (Å²) in [5, 5.41) is 11.5. The lowest BCUT2D eigenvalue weighted by atomic mass is 10.1. The molecule has 0 bridgehead atoms. The molecule has 0 saturated heterocycles. The van der Waals surface area contributed by atoms with Crippen LogP contribution in [0, 0.1) is 0 Å². The molecule has 2 N–H and O–H groups in total. The Labute approximate surface area is 79.9 Å². The van der Waals surface area contributed by atoms with Crippen molar-refractivity contribution in [2.24, 2.45) is 0 Å².